The van der Waals surface area contributed by atoms with E-state index in [9.17, 15) is 43.1 Å². The van der Waals surface area contributed by atoms with Crippen molar-refractivity contribution in [2.24, 2.45) is 29.4 Å². The summed E-state index contributed by atoms with van der Waals surface area (Å²) >= 11 is 0. The Morgan fingerprint density at radius 2 is 1.59 bits per heavy atom. The van der Waals surface area contributed by atoms with E-state index in [-0.39, 0.29) is 31.2 Å². The van der Waals surface area contributed by atoms with Gasteiger partial charge in [0.15, 0.2) is 11.6 Å². The number of H-pyrrole nitrogens is 1. The maximum absolute atomic E-state index is 13.8. The maximum Gasteiger partial charge on any atom is 0.325 e. The zero-order valence-corrected chi connectivity index (χ0v) is 33.1. The fraction of sp³-hybridized carbons (Fsp3) is 0.605. The summed E-state index contributed by atoms with van der Waals surface area (Å²) in [5.41, 5.74) is 7.29. The molecule has 54 heavy (non-hydrogen) atoms. The van der Waals surface area contributed by atoms with Gasteiger partial charge in [0, 0.05) is 50.5 Å². The fourth-order valence-corrected chi connectivity index (χ4v) is 7.33. The summed E-state index contributed by atoms with van der Waals surface area (Å²) in [6.45, 7) is 8.22. The topological polar surface area (TPSA) is 242 Å². The number of rotatable bonds is 26. The average molecular weight is 775 g/mol. The molecular formula is C38H59N6O9P. The first-order valence-electron chi connectivity index (χ1n) is 18.6. The summed E-state index contributed by atoms with van der Waals surface area (Å²) in [5, 5.41) is 5.41. The number of carbonyl (C=O) groups excluding carboxylic acids is 6. The van der Waals surface area contributed by atoms with Crippen molar-refractivity contribution in [3.05, 3.63) is 54.1 Å². The van der Waals surface area contributed by atoms with Gasteiger partial charge >= 0.3 is 7.60 Å². The number of primary amides is 1. The van der Waals surface area contributed by atoms with Crippen LogP contribution in [-0.4, -0.2) is 91.2 Å². The summed E-state index contributed by atoms with van der Waals surface area (Å²) in [6, 6.07) is 8.16. The third kappa shape index (κ3) is 17.7. The molecule has 15 nitrogen and oxygen atoms in total. The Hall–Kier alpha value is -4.20. The van der Waals surface area contributed by atoms with Gasteiger partial charge in [0.25, 0.3) is 0 Å². The fourth-order valence-electron chi connectivity index (χ4n) is 6.33. The van der Waals surface area contributed by atoms with E-state index in [0.717, 1.165) is 32.1 Å². The number of nitrogens with zero attached hydrogens (tertiary/aromatic N) is 2. The molecule has 0 aliphatic rings. The van der Waals surface area contributed by atoms with E-state index in [0.29, 0.717) is 18.7 Å². The molecule has 0 radical (unpaired) electrons. The summed E-state index contributed by atoms with van der Waals surface area (Å²) < 4.78 is 11.5. The molecule has 7 N–H and O–H groups in total. The highest BCUT2D eigenvalue weighted by molar-refractivity contribution is 7.51. The number of nitrogens with one attached hydrogen (secondary N) is 3. The number of aryl methyl sites for hydroxylation is 1. The van der Waals surface area contributed by atoms with Crippen LogP contribution in [0.1, 0.15) is 90.8 Å². The number of unbranched alkanes of at least 4 members (excludes halogenated alkanes) is 3. The van der Waals surface area contributed by atoms with E-state index >= 15 is 0 Å². The molecule has 0 saturated heterocycles. The number of amides is 4. The normalized spacial score (nSPS) is 14.4. The van der Waals surface area contributed by atoms with Gasteiger partial charge in [0.2, 0.25) is 23.6 Å². The monoisotopic (exact) mass is 774 g/mol. The second-order valence-electron chi connectivity index (χ2n) is 14.7. The minimum absolute atomic E-state index is 0.00254. The first kappa shape index (κ1) is 46.0. The van der Waals surface area contributed by atoms with Crippen LogP contribution in [0.3, 0.4) is 0 Å². The molecule has 0 unspecified atom stereocenters. The summed E-state index contributed by atoms with van der Waals surface area (Å²) in [4.78, 5) is 105. The van der Waals surface area contributed by atoms with Gasteiger partial charge in [-0.15, -0.1) is 0 Å². The molecule has 4 amide bonds. The number of ketones is 2. The SMILES string of the molecule is CC(=O)N(CCCCCCc1ccccc1)CC(=O)N[C@@H](CC(C)C)C(=O)C[C@@H](Cc1cnc[nH]1)C(=O)N[C@@H](C)C(=O)C[C@H](C(N)=O)[C@@H](C)CP(=O)(O)O. The molecule has 0 saturated carbocycles. The van der Waals surface area contributed by atoms with E-state index in [2.05, 4.69) is 32.7 Å². The molecule has 5 atom stereocenters. The molecule has 0 bridgehead atoms. The van der Waals surface area contributed by atoms with Crippen molar-refractivity contribution in [2.75, 3.05) is 19.3 Å². The van der Waals surface area contributed by atoms with Crippen LogP contribution in [-0.2, 0) is 46.2 Å². The molecule has 1 aromatic carbocycles. The Balaban J connectivity index is 2.06. The summed E-state index contributed by atoms with van der Waals surface area (Å²) in [7, 11) is -4.49. The number of aromatic amines is 1. The van der Waals surface area contributed by atoms with Gasteiger partial charge in [-0.25, -0.2) is 4.98 Å². The molecule has 2 aromatic rings. The Kier molecular flexibility index (Phi) is 19.5. The van der Waals surface area contributed by atoms with E-state index in [1.54, 1.807) is 0 Å². The first-order valence-corrected chi connectivity index (χ1v) is 20.4. The van der Waals surface area contributed by atoms with Gasteiger partial charge in [0.1, 0.15) is 0 Å². The highest BCUT2D eigenvalue weighted by Crippen LogP contribution is 2.39. The van der Waals surface area contributed by atoms with Crippen LogP contribution < -0.4 is 16.4 Å². The average Bonchev–Trinajstić information content (AvgIpc) is 3.59. The Morgan fingerprint density at radius 1 is 0.926 bits per heavy atom. The summed E-state index contributed by atoms with van der Waals surface area (Å²) in [5.74, 6) is -6.28. The lowest BCUT2D eigenvalue weighted by molar-refractivity contribution is -0.136. The van der Waals surface area contributed by atoms with Crippen molar-refractivity contribution < 1.29 is 43.1 Å². The van der Waals surface area contributed by atoms with Gasteiger partial charge in [-0.3, -0.25) is 33.3 Å². The van der Waals surface area contributed by atoms with E-state index in [1.165, 1.54) is 43.8 Å². The molecule has 16 heteroatoms. The maximum atomic E-state index is 13.8. The molecular weight excluding hydrogens is 715 g/mol. The molecule has 0 aliphatic carbocycles. The number of nitrogens with two attached hydrogens (primary N) is 1. The second kappa shape index (κ2) is 22.9. The highest BCUT2D eigenvalue weighted by Gasteiger charge is 2.34. The Morgan fingerprint density at radius 3 is 2.17 bits per heavy atom. The Labute approximate surface area is 318 Å². The van der Waals surface area contributed by atoms with Crippen LogP contribution in [0.4, 0.5) is 0 Å². The predicted molar refractivity (Wildman–Crippen MR) is 204 cm³/mol. The van der Waals surface area contributed by atoms with Gasteiger partial charge in [-0.05, 0) is 50.0 Å². The number of hydrogen-bond donors (Lipinski definition) is 6. The van der Waals surface area contributed by atoms with E-state index in [4.69, 9.17) is 5.73 Å². The molecule has 0 spiro atoms. The number of hydrogen-bond acceptors (Lipinski definition) is 8. The van der Waals surface area contributed by atoms with Crippen molar-refractivity contribution in [2.45, 2.75) is 104 Å². The third-order valence-electron chi connectivity index (χ3n) is 9.38. The molecule has 1 heterocycles. The van der Waals surface area contributed by atoms with Crippen LogP contribution in [0.2, 0.25) is 0 Å². The molecule has 0 aliphatic heterocycles. The van der Waals surface area contributed by atoms with Crippen molar-refractivity contribution in [1.29, 1.82) is 0 Å². The van der Waals surface area contributed by atoms with Gasteiger partial charge in [0.05, 0.1) is 37.0 Å². The van der Waals surface area contributed by atoms with Gasteiger partial charge in [-0.1, -0.05) is 63.9 Å². The molecule has 0 fully saturated rings. The Bertz CT molecular complexity index is 1560. The van der Waals surface area contributed by atoms with Crippen LogP contribution in [0, 0.1) is 23.7 Å². The smallest absolute Gasteiger partial charge is 0.325 e. The van der Waals surface area contributed by atoms with Crippen LogP contribution in [0.15, 0.2) is 42.9 Å². The van der Waals surface area contributed by atoms with Crippen molar-refractivity contribution >= 4 is 42.8 Å². The van der Waals surface area contributed by atoms with Crippen LogP contribution in [0.25, 0.3) is 0 Å². The number of carbonyl (C=O) groups is 6. The highest BCUT2D eigenvalue weighted by atomic mass is 31.2. The standard InChI is InChI=1S/C38H59N6O9P/c1-25(2)17-33(43-36(48)22-44(28(5)45)16-12-7-6-9-13-29-14-10-8-11-15-29)35(47)19-30(18-31-21-40-24-41-31)38(50)42-27(4)34(46)20-32(37(39)49)26(3)23-54(51,52)53/h8,10-11,14-15,21,24-27,30,32-33H,6-7,9,12-13,16-20,22-23H2,1-5H3,(H2,39,49)(H,40,41)(H,42,50)(H,43,48)(H2,51,52,53)/t26-,27-,30+,32-,33-/m0/s1. The lowest BCUT2D eigenvalue weighted by atomic mass is 9.88. The van der Waals surface area contributed by atoms with Gasteiger partial charge < -0.3 is 36.0 Å². The van der Waals surface area contributed by atoms with E-state index < -0.39 is 79.3 Å². The first-order chi connectivity index (χ1) is 25.4. The van der Waals surface area contributed by atoms with Crippen LogP contribution in [0.5, 0.6) is 0 Å². The zero-order chi connectivity index (χ0) is 40.4. The summed E-state index contributed by atoms with van der Waals surface area (Å²) in [6.07, 6.45) is 6.54. The van der Waals surface area contributed by atoms with Crippen molar-refractivity contribution in [3.8, 4) is 0 Å². The minimum atomic E-state index is -4.49. The number of benzene rings is 1. The van der Waals surface area contributed by atoms with Crippen LogP contribution >= 0.6 is 7.60 Å². The molecule has 2 rings (SSSR count). The number of Topliss-reactive ketones (excluding diaryl/α,β-unsaturated/α-hetero) is 2. The van der Waals surface area contributed by atoms with Gasteiger partial charge in [-0.2, -0.15) is 0 Å². The lowest BCUT2D eigenvalue weighted by Gasteiger charge is -2.26. The third-order valence-corrected chi connectivity index (χ3v) is 10.4. The van der Waals surface area contributed by atoms with Crippen molar-refractivity contribution in [1.82, 2.24) is 25.5 Å². The quantitative estimate of drug-likeness (QED) is 0.0603. The molecule has 300 valence electrons. The molecule has 1 aromatic heterocycles. The minimum Gasteiger partial charge on any atom is -0.369 e. The lowest BCUT2D eigenvalue weighted by Crippen LogP contribution is -2.49. The largest absolute Gasteiger partial charge is 0.369 e. The van der Waals surface area contributed by atoms with E-state index in [1.807, 2.05) is 32.0 Å². The predicted octanol–water partition coefficient (Wildman–Crippen LogP) is 3.09. The van der Waals surface area contributed by atoms with Crippen molar-refractivity contribution in [3.63, 3.8) is 0 Å². The second-order valence-corrected chi connectivity index (χ2v) is 16.4. The zero-order valence-electron chi connectivity index (χ0n) is 32.2. The number of imidazole rings is 1. The number of aromatic nitrogens is 2.